The van der Waals surface area contributed by atoms with E-state index in [0.29, 0.717) is 11.3 Å². The molecule has 100 valence electrons. The summed E-state index contributed by atoms with van der Waals surface area (Å²) in [5.74, 6) is 0.0723. The van der Waals surface area contributed by atoms with Gasteiger partial charge in [0.15, 0.2) is 5.82 Å². The van der Waals surface area contributed by atoms with Crippen molar-refractivity contribution < 1.29 is 4.74 Å². The first kappa shape index (κ1) is 13.2. The fourth-order valence-corrected chi connectivity index (χ4v) is 1.53. The maximum Gasteiger partial charge on any atom is 0.250 e. The summed E-state index contributed by atoms with van der Waals surface area (Å²) in [6.45, 7) is 0. The molecule has 20 heavy (non-hydrogen) atoms. The van der Waals surface area contributed by atoms with Crippen molar-refractivity contribution in [3.05, 3.63) is 34.7 Å². The normalized spacial score (nSPS) is 9.60. The highest BCUT2D eigenvalue weighted by Crippen LogP contribution is 2.34. The number of hydrogen-bond donors (Lipinski definition) is 2. The number of nitroso groups, excluding NO2 is 1. The summed E-state index contributed by atoms with van der Waals surface area (Å²) in [5, 5.41) is 14.4. The fourth-order valence-electron chi connectivity index (χ4n) is 1.53. The number of ether oxygens (including phenoxy) is 1. The predicted molar refractivity (Wildman–Crippen MR) is 72.9 cm³/mol. The Hall–Kier alpha value is -3.21. The van der Waals surface area contributed by atoms with Crippen LogP contribution in [0.2, 0.25) is 0 Å². The molecule has 1 aromatic heterocycles. The predicted octanol–water partition coefficient (Wildman–Crippen LogP) is 2.08. The number of aromatic nitrogens is 2. The Morgan fingerprint density at radius 3 is 2.60 bits per heavy atom. The SMILES string of the molecule is COc1nc(N)nc(Nc2ccc(C#N)cc2)c1N=O. The Labute approximate surface area is 114 Å². The fraction of sp³-hybridized carbons (Fsp3) is 0.0833. The number of nitrogens with one attached hydrogen (secondary N) is 1. The first-order valence-corrected chi connectivity index (χ1v) is 5.50. The molecular weight excluding hydrogens is 260 g/mol. The van der Waals surface area contributed by atoms with Gasteiger partial charge in [0.1, 0.15) is 0 Å². The van der Waals surface area contributed by atoms with E-state index >= 15 is 0 Å². The van der Waals surface area contributed by atoms with Crippen molar-refractivity contribution in [3.63, 3.8) is 0 Å². The van der Waals surface area contributed by atoms with Gasteiger partial charge in [0, 0.05) is 5.69 Å². The minimum absolute atomic E-state index is 0.0105. The van der Waals surface area contributed by atoms with E-state index in [1.165, 1.54) is 7.11 Å². The zero-order valence-corrected chi connectivity index (χ0v) is 10.5. The van der Waals surface area contributed by atoms with Crippen LogP contribution in [0.3, 0.4) is 0 Å². The third-order valence-corrected chi connectivity index (χ3v) is 2.43. The van der Waals surface area contributed by atoms with Crippen LogP contribution in [0.25, 0.3) is 0 Å². The van der Waals surface area contributed by atoms with Crippen LogP contribution in [0.15, 0.2) is 29.4 Å². The summed E-state index contributed by atoms with van der Waals surface area (Å²) >= 11 is 0. The Kier molecular flexibility index (Phi) is 3.72. The molecule has 2 aromatic rings. The maximum atomic E-state index is 10.9. The molecule has 2 rings (SSSR count). The Morgan fingerprint density at radius 1 is 1.35 bits per heavy atom. The van der Waals surface area contributed by atoms with Crippen LogP contribution in [0.5, 0.6) is 5.88 Å². The first-order chi connectivity index (χ1) is 9.67. The van der Waals surface area contributed by atoms with Crippen molar-refractivity contribution in [2.75, 3.05) is 18.2 Å². The number of nitrogen functional groups attached to an aromatic ring is 1. The van der Waals surface area contributed by atoms with E-state index in [1.54, 1.807) is 24.3 Å². The number of anilines is 3. The van der Waals surface area contributed by atoms with Crippen LogP contribution >= 0.6 is 0 Å². The number of nitrogens with zero attached hydrogens (tertiary/aromatic N) is 4. The van der Waals surface area contributed by atoms with Gasteiger partial charge in [-0.25, -0.2) is 0 Å². The molecule has 0 aliphatic heterocycles. The van der Waals surface area contributed by atoms with Gasteiger partial charge in [-0.2, -0.15) is 15.2 Å². The van der Waals surface area contributed by atoms with E-state index in [0.717, 1.165) is 0 Å². The first-order valence-electron chi connectivity index (χ1n) is 5.50. The highest BCUT2D eigenvalue weighted by atomic mass is 16.5. The molecule has 1 aromatic carbocycles. The molecule has 0 aliphatic rings. The Bertz CT molecular complexity index is 678. The molecule has 0 aliphatic carbocycles. The molecule has 0 fully saturated rings. The molecule has 0 saturated carbocycles. The summed E-state index contributed by atoms with van der Waals surface area (Å²) < 4.78 is 4.92. The lowest BCUT2D eigenvalue weighted by Gasteiger charge is -2.09. The average molecular weight is 270 g/mol. The minimum Gasteiger partial charge on any atom is -0.479 e. The average Bonchev–Trinajstić information content (AvgIpc) is 2.47. The van der Waals surface area contributed by atoms with E-state index in [4.69, 9.17) is 15.7 Å². The number of benzene rings is 1. The lowest BCUT2D eigenvalue weighted by molar-refractivity contribution is 0.399. The van der Waals surface area contributed by atoms with Crippen molar-refractivity contribution >= 4 is 23.1 Å². The van der Waals surface area contributed by atoms with Crippen molar-refractivity contribution in [2.45, 2.75) is 0 Å². The summed E-state index contributed by atoms with van der Waals surface area (Å²) in [6, 6.07) is 8.58. The van der Waals surface area contributed by atoms with Crippen LogP contribution in [-0.4, -0.2) is 17.1 Å². The molecule has 1 heterocycles. The summed E-state index contributed by atoms with van der Waals surface area (Å²) in [6.07, 6.45) is 0. The Balaban J connectivity index is 2.39. The van der Waals surface area contributed by atoms with Gasteiger partial charge < -0.3 is 15.8 Å². The largest absolute Gasteiger partial charge is 0.479 e. The molecule has 8 nitrogen and oxygen atoms in total. The number of methoxy groups -OCH3 is 1. The molecule has 0 unspecified atom stereocenters. The third kappa shape index (κ3) is 2.62. The highest BCUT2D eigenvalue weighted by Gasteiger charge is 2.15. The maximum absolute atomic E-state index is 10.9. The van der Waals surface area contributed by atoms with Gasteiger partial charge in [-0.3, -0.25) is 0 Å². The molecule has 0 radical (unpaired) electrons. The molecule has 0 bridgehead atoms. The second kappa shape index (κ2) is 5.62. The molecular formula is C12H10N6O2. The second-order valence-corrected chi connectivity index (χ2v) is 3.69. The van der Waals surface area contributed by atoms with E-state index < -0.39 is 0 Å². The topological polar surface area (TPSA) is 126 Å². The quantitative estimate of drug-likeness (QED) is 0.814. The molecule has 0 saturated heterocycles. The van der Waals surface area contributed by atoms with Crippen molar-refractivity contribution in [1.29, 1.82) is 5.26 Å². The van der Waals surface area contributed by atoms with Crippen molar-refractivity contribution in [2.24, 2.45) is 5.18 Å². The number of hydrogen-bond acceptors (Lipinski definition) is 8. The number of nitriles is 1. The van der Waals surface area contributed by atoms with Gasteiger partial charge in [-0.05, 0) is 29.4 Å². The van der Waals surface area contributed by atoms with Crippen molar-refractivity contribution in [3.8, 4) is 11.9 Å². The van der Waals surface area contributed by atoms with Gasteiger partial charge >= 0.3 is 0 Å². The zero-order chi connectivity index (χ0) is 14.5. The van der Waals surface area contributed by atoms with Gasteiger partial charge in [-0.1, -0.05) is 0 Å². The van der Waals surface area contributed by atoms with Crippen LogP contribution in [-0.2, 0) is 0 Å². The second-order valence-electron chi connectivity index (χ2n) is 3.69. The third-order valence-electron chi connectivity index (χ3n) is 2.43. The standard InChI is InChI=1S/C12H10N6O2/c1-20-11-9(18-19)10(16-12(14)17-11)15-8-4-2-7(6-13)3-5-8/h2-5H,1H3,(H3,14,15,16,17). The molecule has 8 heteroatoms. The van der Waals surface area contributed by atoms with Gasteiger partial charge in [-0.15, -0.1) is 4.91 Å². The van der Waals surface area contributed by atoms with E-state index in [1.807, 2.05) is 6.07 Å². The van der Waals surface area contributed by atoms with Crippen LogP contribution in [0, 0.1) is 16.2 Å². The molecule has 0 atom stereocenters. The smallest absolute Gasteiger partial charge is 0.250 e. The summed E-state index contributed by atoms with van der Waals surface area (Å²) in [5.41, 5.74) is 6.59. The molecule has 0 spiro atoms. The number of nitrogens with two attached hydrogens (primary N) is 1. The zero-order valence-electron chi connectivity index (χ0n) is 10.5. The van der Waals surface area contributed by atoms with Crippen LogP contribution in [0.4, 0.5) is 23.1 Å². The van der Waals surface area contributed by atoms with Crippen LogP contribution < -0.4 is 15.8 Å². The molecule has 3 N–H and O–H groups in total. The monoisotopic (exact) mass is 270 g/mol. The summed E-state index contributed by atoms with van der Waals surface area (Å²) in [7, 11) is 1.35. The van der Waals surface area contributed by atoms with E-state index in [-0.39, 0.29) is 23.3 Å². The lowest BCUT2D eigenvalue weighted by atomic mass is 10.2. The van der Waals surface area contributed by atoms with Gasteiger partial charge in [0.25, 0.3) is 5.88 Å². The van der Waals surface area contributed by atoms with Crippen LogP contribution in [0.1, 0.15) is 5.56 Å². The molecule has 0 amide bonds. The summed E-state index contributed by atoms with van der Waals surface area (Å²) in [4.78, 5) is 18.5. The lowest BCUT2D eigenvalue weighted by Crippen LogP contribution is -2.02. The van der Waals surface area contributed by atoms with E-state index in [2.05, 4.69) is 20.5 Å². The van der Waals surface area contributed by atoms with Gasteiger partial charge in [0.05, 0.1) is 18.7 Å². The number of rotatable bonds is 4. The van der Waals surface area contributed by atoms with E-state index in [9.17, 15) is 4.91 Å². The highest BCUT2D eigenvalue weighted by molar-refractivity contribution is 5.73. The van der Waals surface area contributed by atoms with Crippen molar-refractivity contribution in [1.82, 2.24) is 9.97 Å². The minimum atomic E-state index is -0.0777. The van der Waals surface area contributed by atoms with Gasteiger partial charge in [0.2, 0.25) is 11.6 Å². The Morgan fingerprint density at radius 2 is 2.05 bits per heavy atom.